The summed E-state index contributed by atoms with van der Waals surface area (Å²) in [5.74, 6) is 1.09. The summed E-state index contributed by atoms with van der Waals surface area (Å²) in [6.45, 7) is 4.04. The summed E-state index contributed by atoms with van der Waals surface area (Å²) in [6, 6.07) is 8.40. The van der Waals surface area contributed by atoms with Gasteiger partial charge in [0.1, 0.15) is 16.1 Å². The predicted molar refractivity (Wildman–Crippen MR) is 79.0 cm³/mol. The van der Waals surface area contributed by atoms with Crippen molar-refractivity contribution in [2.75, 3.05) is 0 Å². The smallest absolute Gasteiger partial charge is 0.170 e. The molecule has 0 atom stereocenters. The van der Waals surface area contributed by atoms with E-state index in [1.54, 1.807) is 18.2 Å². The van der Waals surface area contributed by atoms with Gasteiger partial charge in [-0.1, -0.05) is 26.0 Å². The predicted octanol–water partition coefficient (Wildman–Crippen LogP) is 4.91. The lowest BCUT2D eigenvalue weighted by molar-refractivity contribution is 0.567. The first-order valence-corrected chi connectivity index (χ1v) is 7.07. The summed E-state index contributed by atoms with van der Waals surface area (Å²) in [5, 5.41) is 0.723. The minimum Gasteiger partial charge on any atom is -0.451 e. The molecule has 0 amide bonds. The van der Waals surface area contributed by atoms with E-state index in [9.17, 15) is 4.39 Å². The van der Waals surface area contributed by atoms with E-state index in [0.29, 0.717) is 16.1 Å². The molecular formula is C15H12BrFN2O. The van der Waals surface area contributed by atoms with Gasteiger partial charge in [0.2, 0.25) is 0 Å². The molecule has 0 bridgehead atoms. The molecule has 3 nitrogen and oxygen atoms in total. The summed E-state index contributed by atoms with van der Waals surface area (Å²) in [4.78, 5) is 8.79. The summed E-state index contributed by atoms with van der Waals surface area (Å²) in [7, 11) is 0. The topological polar surface area (TPSA) is 38.9 Å². The molecule has 1 aromatic carbocycles. The van der Waals surface area contributed by atoms with Crippen molar-refractivity contribution in [2.24, 2.45) is 0 Å². The number of hydrogen-bond donors (Lipinski definition) is 0. The van der Waals surface area contributed by atoms with Crippen LogP contribution in [0.15, 0.2) is 39.4 Å². The number of halogens is 2. The van der Waals surface area contributed by atoms with Crippen LogP contribution in [0.4, 0.5) is 4.39 Å². The Morgan fingerprint density at radius 2 is 2.00 bits per heavy atom. The van der Waals surface area contributed by atoms with Crippen molar-refractivity contribution in [3.05, 3.63) is 46.6 Å². The largest absolute Gasteiger partial charge is 0.451 e. The van der Waals surface area contributed by atoms with Gasteiger partial charge in [0.25, 0.3) is 0 Å². The summed E-state index contributed by atoms with van der Waals surface area (Å²) in [6.07, 6.45) is 0. The monoisotopic (exact) mass is 334 g/mol. The van der Waals surface area contributed by atoms with Gasteiger partial charge in [-0.15, -0.1) is 0 Å². The molecule has 102 valence electrons. The quantitative estimate of drug-likeness (QED) is 0.624. The molecule has 2 heterocycles. The zero-order valence-corrected chi connectivity index (χ0v) is 12.6. The van der Waals surface area contributed by atoms with Crippen LogP contribution in [-0.2, 0) is 0 Å². The van der Waals surface area contributed by atoms with Crippen LogP contribution in [0.25, 0.3) is 22.4 Å². The molecule has 0 saturated heterocycles. The second-order valence-corrected chi connectivity index (χ2v) is 5.67. The average molecular weight is 335 g/mol. The molecule has 5 heteroatoms. The van der Waals surface area contributed by atoms with Gasteiger partial charge in [0.05, 0.1) is 0 Å². The molecule has 0 saturated carbocycles. The van der Waals surface area contributed by atoms with E-state index in [0.717, 1.165) is 11.2 Å². The third kappa shape index (κ3) is 2.33. The molecule has 0 radical (unpaired) electrons. The highest BCUT2D eigenvalue weighted by Crippen LogP contribution is 2.30. The Hall–Kier alpha value is -1.75. The first-order valence-electron chi connectivity index (χ1n) is 6.27. The highest BCUT2D eigenvalue weighted by molar-refractivity contribution is 9.10. The first kappa shape index (κ1) is 13.2. The van der Waals surface area contributed by atoms with Gasteiger partial charge in [-0.3, -0.25) is 0 Å². The normalized spacial score (nSPS) is 11.4. The third-order valence-electron chi connectivity index (χ3n) is 2.98. The Balaban J connectivity index is 2.17. The Labute approximate surface area is 124 Å². The molecule has 3 aromatic rings. The second kappa shape index (κ2) is 4.98. The van der Waals surface area contributed by atoms with Gasteiger partial charge in [-0.25, -0.2) is 14.4 Å². The summed E-state index contributed by atoms with van der Waals surface area (Å²) in [5.41, 5.74) is 0.898. The lowest BCUT2D eigenvalue weighted by Gasteiger charge is -2.05. The summed E-state index contributed by atoms with van der Waals surface area (Å²) >= 11 is 3.37. The molecule has 0 unspecified atom stereocenters. The number of aromatic nitrogens is 2. The van der Waals surface area contributed by atoms with E-state index in [1.165, 1.54) is 6.07 Å². The highest BCUT2D eigenvalue weighted by atomic mass is 79.9. The van der Waals surface area contributed by atoms with Crippen molar-refractivity contribution in [2.45, 2.75) is 19.8 Å². The Bertz CT molecular complexity index is 783. The van der Waals surface area contributed by atoms with E-state index < -0.39 is 0 Å². The van der Waals surface area contributed by atoms with Crippen LogP contribution in [0.2, 0.25) is 0 Å². The number of benzene rings is 1. The van der Waals surface area contributed by atoms with Gasteiger partial charge in [-0.2, -0.15) is 0 Å². The SMILES string of the molecule is CC(C)c1nc(Br)cc(-c2cc3cccc(F)c3o2)n1. The van der Waals surface area contributed by atoms with Crippen LogP contribution in [-0.4, -0.2) is 9.97 Å². The Kier molecular flexibility index (Phi) is 3.30. The average Bonchev–Trinajstić information content (AvgIpc) is 2.83. The van der Waals surface area contributed by atoms with Crippen molar-refractivity contribution in [1.82, 2.24) is 9.97 Å². The molecule has 0 spiro atoms. The molecule has 0 N–H and O–H groups in total. The molecule has 20 heavy (non-hydrogen) atoms. The molecular weight excluding hydrogens is 323 g/mol. The molecule has 0 aliphatic heterocycles. The standard InChI is InChI=1S/C15H12BrFN2O/c1-8(2)15-18-11(7-13(16)19-15)12-6-9-4-3-5-10(17)14(9)20-12/h3-8H,1-2H3. The van der Waals surface area contributed by atoms with Crippen molar-refractivity contribution in [1.29, 1.82) is 0 Å². The van der Waals surface area contributed by atoms with Gasteiger partial charge >= 0.3 is 0 Å². The van der Waals surface area contributed by atoms with Crippen LogP contribution in [0.5, 0.6) is 0 Å². The second-order valence-electron chi connectivity index (χ2n) is 4.86. The van der Waals surface area contributed by atoms with E-state index in [1.807, 2.05) is 19.9 Å². The van der Waals surface area contributed by atoms with Crippen molar-refractivity contribution in [3.8, 4) is 11.5 Å². The fraction of sp³-hybridized carbons (Fsp3) is 0.200. The number of para-hydroxylation sites is 1. The zero-order valence-electron chi connectivity index (χ0n) is 11.0. The fourth-order valence-electron chi connectivity index (χ4n) is 1.97. The summed E-state index contributed by atoms with van der Waals surface area (Å²) < 4.78 is 19.9. The van der Waals surface area contributed by atoms with Crippen molar-refractivity contribution < 1.29 is 8.81 Å². The minimum atomic E-state index is -0.369. The van der Waals surface area contributed by atoms with Crippen molar-refractivity contribution >= 4 is 26.9 Å². The first-order chi connectivity index (χ1) is 9.54. The molecule has 0 aliphatic carbocycles. The Morgan fingerprint density at radius 3 is 2.70 bits per heavy atom. The van der Waals surface area contributed by atoms with Gasteiger partial charge in [-0.05, 0) is 28.1 Å². The van der Waals surface area contributed by atoms with E-state index in [2.05, 4.69) is 25.9 Å². The van der Waals surface area contributed by atoms with Gasteiger partial charge in [0.15, 0.2) is 17.2 Å². The number of rotatable bonds is 2. The lowest BCUT2D eigenvalue weighted by atomic mass is 10.2. The lowest BCUT2D eigenvalue weighted by Crippen LogP contribution is -1.99. The van der Waals surface area contributed by atoms with Crippen LogP contribution in [0, 0.1) is 5.82 Å². The zero-order chi connectivity index (χ0) is 14.3. The number of nitrogens with zero attached hydrogens (tertiary/aromatic N) is 2. The maximum Gasteiger partial charge on any atom is 0.170 e. The van der Waals surface area contributed by atoms with Crippen LogP contribution < -0.4 is 0 Å². The van der Waals surface area contributed by atoms with E-state index in [4.69, 9.17) is 4.42 Å². The third-order valence-corrected chi connectivity index (χ3v) is 3.38. The minimum absolute atomic E-state index is 0.201. The van der Waals surface area contributed by atoms with Crippen molar-refractivity contribution in [3.63, 3.8) is 0 Å². The number of hydrogen-bond acceptors (Lipinski definition) is 3. The van der Waals surface area contributed by atoms with Gasteiger partial charge < -0.3 is 4.42 Å². The maximum absolute atomic E-state index is 13.7. The van der Waals surface area contributed by atoms with Crippen LogP contribution in [0.3, 0.4) is 0 Å². The number of fused-ring (bicyclic) bond motifs is 1. The molecule has 3 rings (SSSR count). The fourth-order valence-corrected chi connectivity index (χ4v) is 2.37. The molecule has 0 fully saturated rings. The molecule has 2 aromatic heterocycles. The van der Waals surface area contributed by atoms with Crippen LogP contribution >= 0.6 is 15.9 Å². The highest BCUT2D eigenvalue weighted by Gasteiger charge is 2.13. The molecule has 0 aliphatic rings. The van der Waals surface area contributed by atoms with Gasteiger partial charge in [0, 0.05) is 17.4 Å². The Morgan fingerprint density at radius 1 is 1.20 bits per heavy atom. The number of furan rings is 1. The van der Waals surface area contributed by atoms with E-state index in [-0.39, 0.29) is 17.3 Å². The van der Waals surface area contributed by atoms with E-state index >= 15 is 0 Å². The maximum atomic E-state index is 13.7. The van der Waals surface area contributed by atoms with Crippen LogP contribution in [0.1, 0.15) is 25.6 Å².